The molecule has 1 aromatic rings. The second-order valence-electron chi connectivity index (χ2n) is 6.19. The molecule has 2 aliphatic heterocycles. The highest BCUT2D eigenvalue weighted by Gasteiger charge is 2.56. The molecule has 0 radical (unpaired) electrons. The molecule has 5 nitrogen and oxygen atoms in total. The Morgan fingerprint density at radius 2 is 2.00 bits per heavy atom. The standard InChI is InChI=1S/C15H17F3N2O3/c1-14(2)12(15(16,17)18)5-6-20(14)13(21)19-9-3-4-10-11(7-9)23-8-22-10/h3-4,7,12H,5-6,8H2,1-2H3,(H,19,21)/t12-/m0/s1. The molecule has 126 valence electrons. The number of nitrogens with one attached hydrogen (secondary N) is 1. The van der Waals surface area contributed by atoms with Gasteiger partial charge < -0.3 is 19.7 Å². The van der Waals surface area contributed by atoms with Crippen LogP contribution < -0.4 is 14.8 Å². The molecular weight excluding hydrogens is 313 g/mol. The zero-order chi connectivity index (χ0) is 16.8. The van der Waals surface area contributed by atoms with Gasteiger partial charge in [-0.15, -0.1) is 0 Å². The average molecular weight is 330 g/mol. The minimum Gasteiger partial charge on any atom is -0.454 e. The van der Waals surface area contributed by atoms with Crippen molar-refractivity contribution in [1.82, 2.24) is 4.90 Å². The van der Waals surface area contributed by atoms with Crippen LogP contribution in [0, 0.1) is 5.92 Å². The molecule has 3 rings (SSSR count). The number of carbonyl (C=O) groups is 1. The number of alkyl halides is 3. The first kappa shape index (κ1) is 15.8. The van der Waals surface area contributed by atoms with Crippen LogP contribution in [0.5, 0.6) is 11.5 Å². The van der Waals surface area contributed by atoms with Gasteiger partial charge in [0.2, 0.25) is 6.79 Å². The predicted molar refractivity (Wildman–Crippen MR) is 76.5 cm³/mol. The molecule has 1 fully saturated rings. The highest BCUT2D eigenvalue weighted by atomic mass is 19.4. The summed E-state index contributed by atoms with van der Waals surface area (Å²) < 4.78 is 49.6. The number of ether oxygens (including phenoxy) is 2. The van der Waals surface area contributed by atoms with E-state index in [0.717, 1.165) is 0 Å². The summed E-state index contributed by atoms with van der Waals surface area (Å²) in [5, 5.41) is 2.63. The summed E-state index contributed by atoms with van der Waals surface area (Å²) in [6.07, 6.45) is -4.41. The summed E-state index contributed by atoms with van der Waals surface area (Å²) >= 11 is 0. The predicted octanol–water partition coefficient (Wildman–Crippen LogP) is 3.61. The SMILES string of the molecule is CC1(C)[C@@H](C(F)(F)F)CCN1C(=O)Nc1ccc2c(c1)OCO2. The number of anilines is 1. The van der Waals surface area contributed by atoms with Gasteiger partial charge in [0, 0.05) is 18.3 Å². The van der Waals surface area contributed by atoms with Gasteiger partial charge in [0.25, 0.3) is 0 Å². The topological polar surface area (TPSA) is 50.8 Å². The van der Waals surface area contributed by atoms with Gasteiger partial charge in [0.05, 0.1) is 11.5 Å². The van der Waals surface area contributed by atoms with Gasteiger partial charge >= 0.3 is 12.2 Å². The fourth-order valence-electron chi connectivity index (χ4n) is 3.18. The quantitative estimate of drug-likeness (QED) is 0.856. The van der Waals surface area contributed by atoms with Gasteiger partial charge in [0.1, 0.15) is 0 Å². The first-order valence-electron chi connectivity index (χ1n) is 7.24. The molecule has 0 saturated carbocycles. The third kappa shape index (κ3) is 2.77. The summed E-state index contributed by atoms with van der Waals surface area (Å²) in [6, 6.07) is 4.30. The molecule has 0 aliphatic carbocycles. The van der Waals surface area contributed by atoms with Crippen molar-refractivity contribution in [3.05, 3.63) is 18.2 Å². The monoisotopic (exact) mass is 330 g/mol. The van der Waals surface area contributed by atoms with Crippen molar-refractivity contribution >= 4 is 11.7 Å². The Hall–Kier alpha value is -2.12. The van der Waals surface area contributed by atoms with E-state index >= 15 is 0 Å². The first-order chi connectivity index (χ1) is 10.7. The van der Waals surface area contributed by atoms with Gasteiger partial charge in [-0.1, -0.05) is 0 Å². The van der Waals surface area contributed by atoms with E-state index in [1.807, 2.05) is 0 Å². The molecule has 1 atom stereocenters. The van der Waals surface area contributed by atoms with E-state index in [2.05, 4.69) is 5.32 Å². The zero-order valence-electron chi connectivity index (χ0n) is 12.7. The number of amides is 2. The Kier molecular flexibility index (Phi) is 3.57. The van der Waals surface area contributed by atoms with E-state index in [9.17, 15) is 18.0 Å². The molecule has 0 unspecified atom stereocenters. The molecule has 8 heteroatoms. The highest BCUT2D eigenvalue weighted by molar-refractivity contribution is 5.90. The maximum absolute atomic E-state index is 13.1. The Labute approximate surface area is 131 Å². The second kappa shape index (κ2) is 5.21. The second-order valence-corrected chi connectivity index (χ2v) is 6.19. The summed E-state index contributed by atoms with van der Waals surface area (Å²) in [4.78, 5) is 13.6. The maximum Gasteiger partial charge on any atom is 0.394 e. The van der Waals surface area contributed by atoms with Gasteiger partial charge in [-0.3, -0.25) is 0 Å². The van der Waals surface area contributed by atoms with Crippen LogP contribution in [0.15, 0.2) is 18.2 Å². The Morgan fingerprint density at radius 3 is 2.65 bits per heavy atom. The van der Waals surface area contributed by atoms with Crippen LogP contribution >= 0.6 is 0 Å². The molecule has 2 amide bonds. The first-order valence-corrected chi connectivity index (χ1v) is 7.24. The molecule has 2 heterocycles. The summed E-state index contributed by atoms with van der Waals surface area (Å²) in [7, 11) is 0. The lowest BCUT2D eigenvalue weighted by Gasteiger charge is -2.36. The minimum absolute atomic E-state index is 0.0631. The number of hydrogen-bond donors (Lipinski definition) is 1. The lowest BCUT2D eigenvalue weighted by molar-refractivity contribution is -0.189. The van der Waals surface area contributed by atoms with Crippen LogP contribution in [-0.4, -0.2) is 36.0 Å². The van der Waals surface area contributed by atoms with Crippen molar-refractivity contribution in [3.8, 4) is 11.5 Å². The van der Waals surface area contributed by atoms with Crippen LogP contribution in [-0.2, 0) is 0 Å². The number of halogens is 3. The molecule has 0 aromatic heterocycles. The van der Waals surface area contributed by atoms with Crippen molar-refractivity contribution in [2.45, 2.75) is 32.0 Å². The van der Waals surface area contributed by atoms with Crippen molar-refractivity contribution in [2.75, 3.05) is 18.7 Å². The number of hydrogen-bond acceptors (Lipinski definition) is 3. The molecule has 0 bridgehead atoms. The average Bonchev–Trinajstić information content (AvgIpc) is 3.00. The Bertz CT molecular complexity index is 631. The summed E-state index contributed by atoms with van der Waals surface area (Å²) in [5.74, 6) is -0.462. The van der Waals surface area contributed by atoms with Crippen molar-refractivity contribution in [2.24, 2.45) is 5.92 Å². The number of nitrogens with zero attached hydrogens (tertiary/aromatic N) is 1. The van der Waals surface area contributed by atoms with E-state index in [1.54, 1.807) is 18.2 Å². The van der Waals surface area contributed by atoms with Crippen LogP contribution in [0.3, 0.4) is 0 Å². The summed E-state index contributed by atoms with van der Waals surface area (Å²) in [6.45, 7) is 3.06. The lowest BCUT2D eigenvalue weighted by atomic mass is 9.88. The van der Waals surface area contributed by atoms with Gasteiger partial charge in [0.15, 0.2) is 11.5 Å². The van der Waals surface area contributed by atoms with Gasteiger partial charge in [-0.2, -0.15) is 13.2 Å². The normalized spacial score (nSPS) is 22.3. The number of fused-ring (bicyclic) bond motifs is 1. The Balaban J connectivity index is 1.74. The van der Waals surface area contributed by atoms with E-state index < -0.39 is 23.7 Å². The largest absolute Gasteiger partial charge is 0.454 e. The van der Waals surface area contributed by atoms with Crippen LogP contribution in [0.1, 0.15) is 20.3 Å². The van der Waals surface area contributed by atoms with Gasteiger partial charge in [-0.25, -0.2) is 4.79 Å². The maximum atomic E-state index is 13.1. The van der Waals surface area contributed by atoms with Crippen molar-refractivity contribution in [3.63, 3.8) is 0 Å². The zero-order valence-corrected chi connectivity index (χ0v) is 12.7. The van der Waals surface area contributed by atoms with Crippen LogP contribution in [0.2, 0.25) is 0 Å². The van der Waals surface area contributed by atoms with Crippen molar-refractivity contribution < 1.29 is 27.4 Å². The minimum atomic E-state index is -4.32. The summed E-state index contributed by atoms with van der Waals surface area (Å²) in [5.41, 5.74) is -0.843. The fourth-order valence-corrected chi connectivity index (χ4v) is 3.18. The van der Waals surface area contributed by atoms with E-state index in [1.165, 1.54) is 18.7 Å². The van der Waals surface area contributed by atoms with Crippen LogP contribution in [0.25, 0.3) is 0 Å². The number of carbonyl (C=O) groups excluding carboxylic acids is 1. The molecule has 1 saturated heterocycles. The number of rotatable bonds is 1. The highest BCUT2D eigenvalue weighted by Crippen LogP contribution is 2.45. The molecule has 2 aliphatic rings. The smallest absolute Gasteiger partial charge is 0.394 e. The van der Waals surface area contributed by atoms with Crippen molar-refractivity contribution in [1.29, 1.82) is 0 Å². The molecular formula is C15H17F3N2O3. The Morgan fingerprint density at radius 1 is 1.30 bits per heavy atom. The third-order valence-corrected chi connectivity index (χ3v) is 4.45. The molecule has 1 aromatic carbocycles. The lowest BCUT2D eigenvalue weighted by Crippen LogP contribution is -2.51. The molecule has 0 spiro atoms. The van der Waals surface area contributed by atoms with E-state index in [4.69, 9.17) is 9.47 Å². The van der Waals surface area contributed by atoms with E-state index in [0.29, 0.717) is 17.2 Å². The van der Waals surface area contributed by atoms with Crippen LogP contribution in [0.4, 0.5) is 23.7 Å². The molecule has 1 N–H and O–H groups in total. The third-order valence-electron chi connectivity index (χ3n) is 4.45. The number of likely N-dealkylation sites (tertiary alicyclic amines) is 1. The van der Waals surface area contributed by atoms with E-state index in [-0.39, 0.29) is 19.8 Å². The fraction of sp³-hybridized carbons (Fsp3) is 0.533. The molecule has 23 heavy (non-hydrogen) atoms. The van der Waals surface area contributed by atoms with Gasteiger partial charge in [-0.05, 0) is 32.4 Å². The number of urea groups is 1. The number of benzene rings is 1.